The van der Waals surface area contributed by atoms with Gasteiger partial charge in [0.05, 0.1) is 27.7 Å². The Labute approximate surface area is 456 Å². The Morgan fingerprint density at radius 1 is 0.432 bits per heavy atom. The number of likely N-dealkylation sites (N-methyl/N-ethyl adjacent to an activating group) is 1. The Morgan fingerprint density at radius 2 is 0.770 bits per heavy atom. The fourth-order valence-corrected chi connectivity index (χ4v) is 9.03. The van der Waals surface area contributed by atoms with E-state index in [-0.39, 0.29) is 32.0 Å². The lowest BCUT2D eigenvalue weighted by molar-refractivity contribution is -0.870. The molecule has 0 aromatic heterocycles. The van der Waals surface area contributed by atoms with Crippen molar-refractivity contribution in [3.8, 4) is 0 Å². The lowest BCUT2D eigenvalue weighted by Gasteiger charge is -2.24. The van der Waals surface area contributed by atoms with Gasteiger partial charge in [-0.1, -0.05) is 259 Å². The monoisotopic (exact) mass is 1060 g/mol. The molecule has 0 aliphatic rings. The van der Waals surface area contributed by atoms with Gasteiger partial charge in [0.25, 0.3) is 0 Å². The minimum absolute atomic E-state index is 0.0284. The molecule has 0 radical (unpaired) electrons. The van der Waals surface area contributed by atoms with E-state index in [0.717, 1.165) is 89.9 Å². The molecule has 9 nitrogen and oxygen atoms in total. The third-order valence-electron chi connectivity index (χ3n) is 12.9. The number of ether oxygens (including phenoxy) is 2. The number of phosphoric acid groups is 1. The Balaban J connectivity index is 4.16. The molecule has 0 fully saturated rings. The van der Waals surface area contributed by atoms with Crippen LogP contribution in [0.1, 0.15) is 258 Å². The second-order valence-electron chi connectivity index (χ2n) is 21.4. The molecule has 0 spiro atoms. The number of hydrogen-bond acceptors (Lipinski definition) is 7. The zero-order chi connectivity index (χ0) is 54.2. The van der Waals surface area contributed by atoms with E-state index in [1.807, 2.05) is 21.1 Å². The van der Waals surface area contributed by atoms with Gasteiger partial charge in [0, 0.05) is 12.8 Å². The Hall–Kier alpha value is -2.81. The molecular weight excluding hydrogens is 942 g/mol. The van der Waals surface area contributed by atoms with Gasteiger partial charge in [0.15, 0.2) is 6.10 Å². The number of carbonyl (C=O) groups is 2. The molecule has 428 valence electrons. The Kier molecular flexibility index (Phi) is 52.9. The lowest BCUT2D eigenvalue weighted by Crippen LogP contribution is -2.37. The molecule has 0 aromatic rings. The number of quaternary nitrogens is 1. The molecular formula is C64H115NO8P+. The molecule has 1 N–H and O–H groups in total. The molecule has 0 saturated heterocycles. The van der Waals surface area contributed by atoms with Crippen LogP contribution in [0.3, 0.4) is 0 Å². The summed E-state index contributed by atoms with van der Waals surface area (Å²) in [6.45, 7) is 4.34. The van der Waals surface area contributed by atoms with Crippen LogP contribution in [0, 0.1) is 0 Å². The van der Waals surface area contributed by atoms with Crippen molar-refractivity contribution in [3.05, 3.63) is 85.1 Å². The molecule has 0 heterocycles. The summed E-state index contributed by atoms with van der Waals surface area (Å²) in [5, 5.41) is 0. The van der Waals surface area contributed by atoms with Crippen LogP contribution in [0.5, 0.6) is 0 Å². The topological polar surface area (TPSA) is 108 Å². The summed E-state index contributed by atoms with van der Waals surface area (Å²) in [7, 11) is 1.47. The van der Waals surface area contributed by atoms with Gasteiger partial charge < -0.3 is 18.9 Å². The zero-order valence-corrected chi connectivity index (χ0v) is 49.5. The first kappa shape index (κ1) is 71.2. The van der Waals surface area contributed by atoms with E-state index < -0.39 is 26.5 Å². The predicted molar refractivity (Wildman–Crippen MR) is 316 cm³/mol. The van der Waals surface area contributed by atoms with E-state index in [9.17, 15) is 19.0 Å². The maximum Gasteiger partial charge on any atom is 0.472 e. The summed E-state index contributed by atoms with van der Waals surface area (Å²) < 4.78 is 34.6. The lowest BCUT2D eigenvalue weighted by atomic mass is 10.0. The normalized spacial score (nSPS) is 13.9. The number of hydrogen-bond donors (Lipinski definition) is 1. The van der Waals surface area contributed by atoms with Crippen molar-refractivity contribution >= 4 is 19.8 Å². The van der Waals surface area contributed by atoms with E-state index in [1.54, 1.807) is 0 Å². The highest BCUT2D eigenvalue weighted by Gasteiger charge is 2.27. The number of nitrogens with zero attached hydrogens (tertiary/aromatic N) is 1. The smallest absolute Gasteiger partial charge is 0.462 e. The standard InChI is InChI=1S/C64H114NO8P/c1-6-8-10-12-14-16-18-20-22-24-26-27-28-29-30-31-32-33-34-35-36-37-39-41-43-45-47-49-51-53-55-57-64(67)73-62(61-72-74(68,69)71-59-58-65(3,4)5)60-70-63(66)56-54-52-50-48-46-44-42-40-38-25-23-21-19-17-15-13-11-9-7-2/h8,10,14,16,20,22,26-27,29-30,32-33,35-36,62H,6-7,9,11-13,15,17-19,21,23-25,28,31,34,37-61H2,1-5H3/p+1/b10-8-,16-14-,22-20-,27-26-,30-29-,33-32-,36-35-. The largest absolute Gasteiger partial charge is 0.472 e. The van der Waals surface area contributed by atoms with Gasteiger partial charge in [-0.05, 0) is 70.6 Å². The number of allylic oxidation sites excluding steroid dienone is 14. The van der Waals surface area contributed by atoms with Gasteiger partial charge in [-0.15, -0.1) is 0 Å². The SMILES string of the molecule is CC/C=C\C/C=C\C/C=C\C/C=C\C/C=C\C/C=C\C/C=C\CCCCCCCCCCCC(=O)OC(COC(=O)CCCCCCCCCCCCCCCCCCCCC)COP(=O)(O)OCC[N+](C)(C)C. The van der Waals surface area contributed by atoms with E-state index in [1.165, 1.54) is 135 Å². The predicted octanol–water partition coefficient (Wildman–Crippen LogP) is 19.0. The second kappa shape index (κ2) is 55.0. The van der Waals surface area contributed by atoms with Crippen LogP contribution < -0.4 is 0 Å². The summed E-state index contributed by atoms with van der Waals surface area (Å²) in [5.74, 6) is -0.799. The molecule has 74 heavy (non-hydrogen) atoms. The first-order valence-corrected chi connectivity index (χ1v) is 31.8. The average Bonchev–Trinajstić information content (AvgIpc) is 3.36. The minimum atomic E-state index is -4.39. The van der Waals surface area contributed by atoms with E-state index in [2.05, 4.69) is 98.9 Å². The fraction of sp³-hybridized carbons (Fsp3) is 0.750. The summed E-state index contributed by atoms with van der Waals surface area (Å²) in [6, 6.07) is 0. The third-order valence-corrected chi connectivity index (χ3v) is 13.9. The molecule has 0 bridgehead atoms. The third kappa shape index (κ3) is 58.5. The van der Waals surface area contributed by atoms with E-state index >= 15 is 0 Å². The summed E-state index contributed by atoms with van der Waals surface area (Å²) >= 11 is 0. The van der Waals surface area contributed by atoms with Gasteiger partial charge in [0.2, 0.25) is 0 Å². The molecule has 10 heteroatoms. The van der Waals surface area contributed by atoms with Crippen molar-refractivity contribution in [2.45, 2.75) is 264 Å². The van der Waals surface area contributed by atoms with Crippen molar-refractivity contribution in [1.82, 2.24) is 0 Å². The van der Waals surface area contributed by atoms with Crippen LogP contribution in [-0.2, 0) is 32.7 Å². The first-order valence-electron chi connectivity index (χ1n) is 30.3. The highest BCUT2D eigenvalue weighted by atomic mass is 31.2. The molecule has 0 amide bonds. The maximum atomic E-state index is 12.8. The minimum Gasteiger partial charge on any atom is -0.462 e. The number of unbranched alkanes of at least 4 members (excludes halogenated alkanes) is 27. The van der Waals surface area contributed by atoms with Crippen molar-refractivity contribution in [1.29, 1.82) is 0 Å². The first-order chi connectivity index (χ1) is 36.0. The van der Waals surface area contributed by atoms with Gasteiger partial charge in [-0.25, -0.2) is 4.57 Å². The van der Waals surface area contributed by atoms with Crippen molar-refractivity contribution < 1.29 is 42.1 Å². The average molecular weight is 1060 g/mol. The van der Waals surface area contributed by atoms with Crippen molar-refractivity contribution in [2.24, 2.45) is 0 Å². The number of rotatable bonds is 55. The zero-order valence-electron chi connectivity index (χ0n) is 48.6. The molecule has 0 saturated carbocycles. The number of phosphoric ester groups is 1. The van der Waals surface area contributed by atoms with Crippen LogP contribution in [-0.4, -0.2) is 74.9 Å². The van der Waals surface area contributed by atoms with Gasteiger partial charge in [-0.3, -0.25) is 18.6 Å². The number of esters is 2. The molecule has 0 aliphatic carbocycles. The van der Waals surface area contributed by atoms with E-state index in [0.29, 0.717) is 17.4 Å². The quantitative estimate of drug-likeness (QED) is 0.0211. The molecule has 0 aromatic carbocycles. The molecule has 0 aliphatic heterocycles. The van der Waals surface area contributed by atoms with Gasteiger partial charge in [0.1, 0.15) is 19.8 Å². The van der Waals surface area contributed by atoms with Gasteiger partial charge >= 0.3 is 19.8 Å². The summed E-state index contributed by atoms with van der Waals surface area (Å²) in [4.78, 5) is 35.7. The summed E-state index contributed by atoms with van der Waals surface area (Å²) in [5.41, 5.74) is 0. The van der Waals surface area contributed by atoms with Crippen LogP contribution in [0.2, 0.25) is 0 Å². The van der Waals surface area contributed by atoms with E-state index in [4.69, 9.17) is 18.5 Å². The highest BCUT2D eigenvalue weighted by molar-refractivity contribution is 7.47. The summed E-state index contributed by atoms with van der Waals surface area (Å²) in [6.07, 6.45) is 73.6. The van der Waals surface area contributed by atoms with Gasteiger partial charge in [-0.2, -0.15) is 0 Å². The van der Waals surface area contributed by atoms with Crippen LogP contribution in [0.4, 0.5) is 0 Å². The molecule has 2 unspecified atom stereocenters. The van der Waals surface area contributed by atoms with Crippen LogP contribution >= 0.6 is 7.82 Å². The fourth-order valence-electron chi connectivity index (χ4n) is 8.29. The van der Waals surface area contributed by atoms with Crippen LogP contribution in [0.15, 0.2) is 85.1 Å². The van der Waals surface area contributed by atoms with Crippen molar-refractivity contribution in [2.75, 3.05) is 47.5 Å². The Bertz CT molecular complexity index is 1520. The second-order valence-corrected chi connectivity index (χ2v) is 22.8. The Morgan fingerprint density at radius 3 is 1.15 bits per heavy atom. The van der Waals surface area contributed by atoms with Crippen molar-refractivity contribution in [3.63, 3.8) is 0 Å². The molecule has 2 atom stereocenters. The maximum absolute atomic E-state index is 12.8. The number of carbonyl (C=O) groups excluding carboxylic acids is 2. The molecule has 0 rings (SSSR count). The highest BCUT2D eigenvalue weighted by Crippen LogP contribution is 2.43. The van der Waals surface area contributed by atoms with Crippen LogP contribution in [0.25, 0.3) is 0 Å².